The highest BCUT2D eigenvalue weighted by molar-refractivity contribution is 5.92. The molecule has 0 aliphatic carbocycles. The van der Waals surface area contributed by atoms with Crippen molar-refractivity contribution in [3.05, 3.63) is 18.2 Å². The Morgan fingerprint density at radius 2 is 1.96 bits per heavy atom. The largest absolute Gasteiger partial charge is 0.486 e. The SMILES string of the molecule is CN(C)C(=O)C1CN(CC(=O)Nc2ccc3c(c2)OCCO3)CCO1. The van der Waals surface area contributed by atoms with Crippen molar-refractivity contribution in [3.63, 3.8) is 0 Å². The molecule has 8 nitrogen and oxygen atoms in total. The lowest BCUT2D eigenvalue weighted by Gasteiger charge is -2.32. The number of carbonyl (C=O) groups is 2. The standard InChI is InChI=1S/C17H23N3O5/c1-19(2)17(22)15-10-20(5-6-23-15)11-16(21)18-12-3-4-13-14(9-12)25-8-7-24-13/h3-4,9,15H,5-8,10-11H2,1-2H3,(H,18,21). The number of likely N-dealkylation sites (N-methyl/N-ethyl adjacent to an activating group) is 1. The van der Waals surface area contributed by atoms with E-state index in [9.17, 15) is 9.59 Å². The number of benzene rings is 1. The molecule has 1 saturated heterocycles. The van der Waals surface area contributed by atoms with Gasteiger partial charge in [0.1, 0.15) is 19.3 Å². The number of carbonyl (C=O) groups excluding carboxylic acids is 2. The summed E-state index contributed by atoms with van der Waals surface area (Å²) in [4.78, 5) is 27.7. The van der Waals surface area contributed by atoms with Crippen molar-refractivity contribution >= 4 is 17.5 Å². The number of amides is 2. The van der Waals surface area contributed by atoms with Crippen molar-refractivity contribution in [2.24, 2.45) is 0 Å². The molecule has 1 fully saturated rings. The van der Waals surface area contributed by atoms with Crippen molar-refractivity contribution < 1.29 is 23.8 Å². The van der Waals surface area contributed by atoms with Gasteiger partial charge >= 0.3 is 0 Å². The van der Waals surface area contributed by atoms with E-state index < -0.39 is 6.10 Å². The molecule has 3 rings (SSSR count). The molecule has 2 aliphatic rings. The molecule has 2 amide bonds. The number of nitrogens with zero attached hydrogens (tertiary/aromatic N) is 2. The van der Waals surface area contributed by atoms with Crippen LogP contribution in [0.3, 0.4) is 0 Å². The lowest BCUT2D eigenvalue weighted by molar-refractivity contribution is -0.147. The third-order valence-corrected chi connectivity index (χ3v) is 4.06. The Balaban J connectivity index is 1.54. The third-order valence-electron chi connectivity index (χ3n) is 4.06. The van der Waals surface area contributed by atoms with Crippen molar-refractivity contribution in [3.8, 4) is 11.5 Å². The van der Waals surface area contributed by atoms with Crippen LogP contribution in [0.1, 0.15) is 0 Å². The summed E-state index contributed by atoms with van der Waals surface area (Å²) < 4.78 is 16.5. The van der Waals surface area contributed by atoms with E-state index in [2.05, 4.69) is 5.32 Å². The molecule has 0 bridgehead atoms. The summed E-state index contributed by atoms with van der Waals surface area (Å²) in [5.74, 6) is 1.08. The van der Waals surface area contributed by atoms with E-state index >= 15 is 0 Å². The molecule has 8 heteroatoms. The van der Waals surface area contributed by atoms with E-state index in [1.165, 1.54) is 4.90 Å². The van der Waals surface area contributed by atoms with Crippen LogP contribution in [0, 0.1) is 0 Å². The molecule has 0 saturated carbocycles. The van der Waals surface area contributed by atoms with E-state index in [1.807, 2.05) is 4.90 Å². The summed E-state index contributed by atoms with van der Waals surface area (Å²) in [5, 5.41) is 2.85. The average Bonchev–Trinajstić information content (AvgIpc) is 2.61. The zero-order valence-corrected chi connectivity index (χ0v) is 14.5. The molecule has 0 radical (unpaired) electrons. The van der Waals surface area contributed by atoms with Gasteiger partial charge in [-0.2, -0.15) is 0 Å². The van der Waals surface area contributed by atoms with Crippen LogP contribution in [0.25, 0.3) is 0 Å². The fourth-order valence-electron chi connectivity index (χ4n) is 2.81. The van der Waals surface area contributed by atoms with Gasteiger partial charge in [-0.3, -0.25) is 14.5 Å². The van der Waals surface area contributed by atoms with Crippen LogP contribution in [-0.4, -0.2) is 81.3 Å². The van der Waals surface area contributed by atoms with Crippen LogP contribution >= 0.6 is 0 Å². The highest BCUT2D eigenvalue weighted by Crippen LogP contribution is 2.32. The molecule has 1 N–H and O–H groups in total. The summed E-state index contributed by atoms with van der Waals surface area (Å²) in [6.45, 7) is 2.69. The molecule has 1 unspecified atom stereocenters. The smallest absolute Gasteiger partial charge is 0.252 e. The van der Waals surface area contributed by atoms with Gasteiger partial charge in [-0.15, -0.1) is 0 Å². The molecule has 136 valence electrons. The number of anilines is 1. The molecule has 1 aromatic carbocycles. The van der Waals surface area contributed by atoms with Crippen molar-refractivity contribution in [2.45, 2.75) is 6.10 Å². The van der Waals surface area contributed by atoms with Crippen LogP contribution in [0.2, 0.25) is 0 Å². The first kappa shape index (κ1) is 17.5. The lowest BCUT2D eigenvalue weighted by atomic mass is 10.2. The maximum atomic E-state index is 12.3. The molecule has 1 aromatic rings. The Bertz CT molecular complexity index is 649. The Morgan fingerprint density at radius 1 is 1.20 bits per heavy atom. The number of hydrogen-bond acceptors (Lipinski definition) is 6. The summed E-state index contributed by atoms with van der Waals surface area (Å²) >= 11 is 0. The van der Waals surface area contributed by atoms with E-state index in [-0.39, 0.29) is 18.4 Å². The zero-order chi connectivity index (χ0) is 17.8. The molecular weight excluding hydrogens is 326 g/mol. The van der Waals surface area contributed by atoms with E-state index in [1.54, 1.807) is 32.3 Å². The Labute approximate surface area is 146 Å². The van der Waals surface area contributed by atoms with Crippen molar-refractivity contribution in [2.75, 3.05) is 58.9 Å². The third kappa shape index (κ3) is 4.40. The Kier molecular flexibility index (Phi) is 5.40. The summed E-state index contributed by atoms with van der Waals surface area (Å²) in [5.41, 5.74) is 0.656. The molecule has 1 atom stereocenters. The fraction of sp³-hybridized carbons (Fsp3) is 0.529. The Morgan fingerprint density at radius 3 is 2.72 bits per heavy atom. The van der Waals surface area contributed by atoms with Crippen molar-refractivity contribution in [1.82, 2.24) is 9.80 Å². The predicted octanol–water partition coefficient (Wildman–Crippen LogP) is 0.185. The highest BCUT2D eigenvalue weighted by Gasteiger charge is 2.28. The second-order valence-corrected chi connectivity index (χ2v) is 6.23. The second kappa shape index (κ2) is 7.71. The first-order valence-electron chi connectivity index (χ1n) is 8.27. The second-order valence-electron chi connectivity index (χ2n) is 6.23. The number of rotatable bonds is 4. The average molecular weight is 349 g/mol. The van der Waals surface area contributed by atoms with Crippen LogP contribution in [0.15, 0.2) is 18.2 Å². The van der Waals surface area contributed by atoms with E-state index in [0.717, 1.165) is 0 Å². The molecule has 2 aliphatic heterocycles. The van der Waals surface area contributed by atoms with Gasteiger partial charge in [-0.1, -0.05) is 0 Å². The molecule has 0 aromatic heterocycles. The maximum Gasteiger partial charge on any atom is 0.252 e. The number of ether oxygens (including phenoxy) is 3. The number of nitrogens with one attached hydrogen (secondary N) is 1. The minimum atomic E-state index is -0.522. The molecule has 2 heterocycles. The normalized spacial score (nSPS) is 20.0. The van der Waals surface area contributed by atoms with Gasteiger partial charge in [0.2, 0.25) is 5.91 Å². The van der Waals surface area contributed by atoms with E-state index in [0.29, 0.717) is 50.1 Å². The topological polar surface area (TPSA) is 80.3 Å². The van der Waals surface area contributed by atoms with Crippen molar-refractivity contribution in [1.29, 1.82) is 0 Å². The minimum Gasteiger partial charge on any atom is -0.486 e. The quantitative estimate of drug-likeness (QED) is 0.836. The highest BCUT2D eigenvalue weighted by atomic mass is 16.6. The van der Waals surface area contributed by atoms with Crippen LogP contribution < -0.4 is 14.8 Å². The van der Waals surface area contributed by atoms with Gasteiger partial charge in [0, 0.05) is 38.9 Å². The van der Waals surface area contributed by atoms with Gasteiger partial charge in [-0.25, -0.2) is 0 Å². The van der Waals surface area contributed by atoms with Crippen LogP contribution in [0.4, 0.5) is 5.69 Å². The monoisotopic (exact) mass is 349 g/mol. The fourth-order valence-corrected chi connectivity index (χ4v) is 2.81. The summed E-state index contributed by atoms with van der Waals surface area (Å²) in [6, 6.07) is 5.32. The minimum absolute atomic E-state index is 0.0862. The molecule has 25 heavy (non-hydrogen) atoms. The van der Waals surface area contributed by atoms with Gasteiger partial charge < -0.3 is 24.4 Å². The first-order chi connectivity index (χ1) is 12.0. The maximum absolute atomic E-state index is 12.3. The van der Waals surface area contributed by atoms with Gasteiger partial charge in [0.15, 0.2) is 11.5 Å². The summed E-state index contributed by atoms with van der Waals surface area (Å²) in [6.07, 6.45) is -0.522. The van der Waals surface area contributed by atoms with Crippen LogP contribution in [-0.2, 0) is 14.3 Å². The van der Waals surface area contributed by atoms with Crippen LogP contribution in [0.5, 0.6) is 11.5 Å². The number of hydrogen-bond donors (Lipinski definition) is 1. The number of fused-ring (bicyclic) bond motifs is 1. The van der Waals surface area contributed by atoms with Gasteiger partial charge in [0.25, 0.3) is 5.91 Å². The zero-order valence-electron chi connectivity index (χ0n) is 14.5. The number of morpholine rings is 1. The summed E-state index contributed by atoms with van der Waals surface area (Å²) in [7, 11) is 3.39. The first-order valence-corrected chi connectivity index (χ1v) is 8.27. The molecule has 0 spiro atoms. The molecular formula is C17H23N3O5. The van der Waals surface area contributed by atoms with Gasteiger partial charge in [0.05, 0.1) is 13.2 Å². The Hall–Kier alpha value is -2.32. The van der Waals surface area contributed by atoms with Gasteiger partial charge in [-0.05, 0) is 12.1 Å². The van der Waals surface area contributed by atoms with E-state index in [4.69, 9.17) is 14.2 Å². The predicted molar refractivity (Wildman–Crippen MR) is 90.9 cm³/mol. The lowest BCUT2D eigenvalue weighted by Crippen LogP contribution is -2.51.